The molecule has 0 unspecified atom stereocenters. The predicted octanol–water partition coefficient (Wildman–Crippen LogP) is 3.77. The fourth-order valence-electron chi connectivity index (χ4n) is 2.19. The number of hydrogen-bond donors (Lipinski definition) is 2. The molecule has 0 aromatic heterocycles. The van der Waals surface area contributed by atoms with Gasteiger partial charge >= 0.3 is 6.36 Å². The van der Waals surface area contributed by atoms with Crippen molar-refractivity contribution in [2.24, 2.45) is 5.92 Å². The van der Waals surface area contributed by atoms with E-state index in [1.807, 2.05) is 13.8 Å². The minimum Gasteiger partial charge on any atom is -0.406 e. The summed E-state index contributed by atoms with van der Waals surface area (Å²) in [4.78, 5) is 12.0. The fourth-order valence-corrected chi connectivity index (χ4v) is 3.27. The highest BCUT2D eigenvalue weighted by Gasteiger charge is 2.31. The molecule has 0 bridgehead atoms. The zero-order valence-corrected chi connectivity index (χ0v) is 15.9. The van der Waals surface area contributed by atoms with Crippen molar-refractivity contribution in [2.75, 3.05) is 11.3 Å². The van der Waals surface area contributed by atoms with Gasteiger partial charge in [0, 0.05) is 6.54 Å². The Labute approximate surface area is 160 Å². The third-order valence-corrected chi connectivity index (χ3v) is 4.84. The van der Waals surface area contributed by atoms with Crippen molar-refractivity contribution >= 4 is 21.6 Å². The molecule has 0 saturated carbocycles. The smallest absolute Gasteiger partial charge is 0.406 e. The molecule has 2 aromatic carbocycles. The molecule has 0 aliphatic heterocycles. The number of nitrogens with one attached hydrogen (secondary N) is 2. The number of hydrogen-bond acceptors (Lipinski definition) is 4. The second-order valence-corrected chi connectivity index (χ2v) is 7.96. The van der Waals surface area contributed by atoms with Crippen LogP contribution in [0.5, 0.6) is 5.75 Å². The molecule has 152 valence electrons. The van der Waals surface area contributed by atoms with Crippen molar-refractivity contribution in [1.82, 2.24) is 5.32 Å². The molecule has 0 spiro atoms. The van der Waals surface area contributed by atoms with Crippen LogP contribution < -0.4 is 14.8 Å². The quantitative estimate of drug-likeness (QED) is 0.720. The van der Waals surface area contributed by atoms with E-state index >= 15 is 0 Å². The lowest BCUT2D eigenvalue weighted by Crippen LogP contribution is -2.28. The predicted molar refractivity (Wildman–Crippen MR) is 97.5 cm³/mol. The number of ether oxygens (including phenoxy) is 1. The Bertz CT molecular complexity index is 927. The molecule has 0 atom stereocenters. The molecule has 1 amide bonds. The van der Waals surface area contributed by atoms with Gasteiger partial charge in [0.05, 0.1) is 16.1 Å². The molecule has 28 heavy (non-hydrogen) atoms. The molecule has 0 aliphatic carbocycles. The number of halogens is 3. The lowest BCUT2D eigenvalue weighted by atomic mass is 10.1. The Balaban J connectivity index is 2.21. The Kier molecular flexibility index (Phi) is 6.55. The maximum Gasteiger partial charge on any atom is 0.573 e. The van der Waals surface area contributed by atoms with Crippen molar-refractivity contribution in [3.05, 3.63) is 54.1 Å². The average Bonchev–Trinajstić information content (AvgIpc) is 2.59. The van der Waals surface area contributed by atoms with Crippen LogP contribution in [0.3, 0.4) is 0 Å². The van der Waals surface area contributed by atoms with Crippen LogP contribution in [0.2, 0.25) is 0 Å². The molecule has 2 aromatic rings. The lowest BCUT2D eigenvalue weighted by molar-refractivity contribution is -0.274. The summed E-state index contributed by atoms with van der Waals surface area (Å²) >= 11 is 0. The van der Waals surface area contributed by atoms with Crippen LogP contribution in [-0.4, -0.2) is 27.2 Å². The SMILES string of the molecule is CC(C)CNC(=O)c1ccccc1NS(=O)(=O)c1ccc(OC(F)(F)F)cc1. The monoisotopic (exact) mass is 416 g/mol. The molecule has 0 aliphatic rings. The Morgan fingerprint density at radius 3 is 2.25 bits per heavy atom. The van der Waals surface area contributed by atoms with Gasteiger partial charge in [-0.3, -0.25) is 9.52 Å². The molecule has 10 heteroatoms. The van der Waals surface area contributed by atoms with Crippen molar-refractivity contribution in [1.29, 1.82) is 0 Å². The summed E-state index contributed by atoms with van der Waals surface area (Å²) in [6.45, 7) is 4.25. The molecule has 2 N–H and O–H groups in total. The van der Waals surface area contributed by atoms with Crippen molar-refractivity contribution in [3.8, 4) is 5.75 Å². The summed E-state index contributed by atoms with van der Waals surface area (Å²) in [6, 6.07) is 9.77. The first kappa shape index (κ1) is 21.5. The molecule has 6 nitrogen and oxygen atoms in total. The molecule has 2 rings (SSSR count). The van der Waals surface area contributed by atoms with Crippen LogP contribution in [-0.2, 0) is 10.0 Å². The molecule has 0 radical (unpaired) electrons. The van der Waals surface area contributed by atoms with Gasteiger partial charge in [-0.2, -0.15) is 0 Å². The van der Waals surface area contributed by atoms with Gasteiger partial charge < -0.3 is 10.1 Å². The van der Waals surface area contributed by atoms with Crippen LogP contribution in [0.15, 0.2) is 53.4 Å². The van der Waals surface area contributed by atoms with Gasteiger partial charge in [0.2, 0.25) is 0 Å². The summed E-state index contributed by atoms with van der Waals surface area (Å²) < 4.78 is 67.7. The van der Waals surface area contributed by atoms with Crippen LogP contribution in [0.4, 0.5) is 18.9 Å². The number of amides is 1. The van der Waals surface area contributed by atoms with Crippen LogP contribution in [0.1, 0.15) is 24.2 Å². The molecule has 0 heterocycles. The number of carbonyl (C=O) groups excluding carboxylic acids is 1. The third kappa shape index (κ3) is 6.15. The van der Waals surface area contributed by atoms with Gasteiger partial charge in [-0.15, -0.1) is 13.2 Å². The standard InChI is InChI=1S/C18H19F3N2O4S/c1-12(2)11-22-17(24)15-5-3-4-6-16(15)23-28(25,26)14-9-7-13(8-10-14)27-18(19,20)21/h3-10,12,23H,11H2,1-2H3,(H,22,24). The van der Waals surface area contributed by atoms with E-state index in [-0.39, 0.29) is 22.1 Å². The van der Waals surface area contributed by atoms with Crippen molar-refractivity contribution < 1.29 is 31.1 Å². The van der Waals surface area contributed by atoms with Gasteiger partial charge in [-0.25, -0.2) is 8.42 Å². The first-order valence-corrected chi connectivity index (χ1v) is 9.72. The first-order valence-electron chi connectivity index (χ1n) is 8.24. The lowest BCUT2D eigenvalue weighted by Gasteiger charge is -2.14. The number of benzene rings is 2. The van der Waals surface area contributed by atoms with Gasteiger partial charge in [-0.1, -0.05) is 26.0 Å². The fraction of sp³-hybridized carbons (Fsp3) is 0.278. The van der Waals surface area contributed by atoms with Crippen LogP contribution in [0.25, 0.3) is 0 Å². The summed E-state index contributed by atoms with van der Waals surface area (Å²) in [5.41, 5.74) is 0.183. The number of anilines is 1. The number of para-hydroxylation sites is 1. The maximum absolute atomic E-state index is 12.5. The van der Waals surface area contributed by atoms with E-state index in [0.717, 1.165) is 24.3 Å². The minimum atomic E-state index is -4.87. The largest absolute Gasteiger partial charge is 0.573 e. The van der Waals surface area contributed by atoms with Gasteiger partial charge in [0.15, 0.2) is 0 Å². The summed E-state index contributed by atoms with van der Waals surface area (Å²) in [7, 11) is -4.13. The van der Waals surface area contributed by atoms with E-state index in [4.69, 9.17) is 0 Å². The molecular weight excluding hydrogens is 397 g/mol. The summed E-state index contributed by atoms with van der Waals surface area (Å²) in [6.07, 6.45) is -4.87. The number of rotatable bonds is 7. The van der Waals surface area contributed by atoms with E-state index in [9.17, 15) is 26.4 Å². The van der Waals surface area contributed by atoms with E-state index < -0.39 is 28.0 Å². The normalized spacial score (nSPS) is 11.9. The molecule has 0 saturated heterocycles. The Morgan fingerprint density at radius 1 is 1.07 bits per heavy atom. The summed E-state index contributed by atoms with van der Waals surface area (Å²) in [5, 5.41) is 2.70. The van der Waals surface area contributed by atoms with Gasteiger partial charge in [0.1, 0.15) is 5.75 Å². The highest BCUT2D eigenvalue weighted by atomic mass is 32.2. The van der Waals surface area contributed by atoms with E-state index in [1.54, 1.807) is 12.1 Å². The zero-order valence-electron chi connectivity index (χ0n) is 15.1. The average molecular weight is 416 g/mol. The minimum absolute atomic E-state index is 0.0550. The van der Waals surface area contributed by atoms with Gasteiger partial charge in [0.25, 0.3) is 15.9 Å². The van der Waals surface area contributed by atoms with E-state index in [0.29, 0.717) is 6.54 Å². The molecule has 0 fully saturated rings. The Hall–Kier alpha value is -2.75. The number of alkyl halides is 3. The summed E-state index contributed by atoms with van der Waals surface area (Å²) in [5.74, 6) is -0.772. The topological polar surface area (TPSA) is 84.5 Å². The highest BCUT2D eigenvalue weighted by Crippen LogP contribution is 2.25. The first-order chi connectivity index (χ1) is 13.0. The number of carbonyl (C=O) groups is 1. The number of sulfonamides is 1. The zero-order chi connectivity index (χ0) is 20.9. The molecular formula is C18H19F3N2O4S. The second-order valence-electron chi connectivity index (χ2n) is 6.27. The van der Waals surface area contributed by atoms with Crippen molar-refractivity contribution in [2.45, 2.75) is 25.1 Å². The maximum atomic E-state index is 12.5. The van der Waals surface area contributed by atoms with Crippen molar-refractivity contribution in [3.63, 3.8) is 0 Å². The second kappa shape index (κ2) is 8.51. The third-order valence-electron chi connectivity index (χ3n) is 3.45. The van der Waals surface area contributed by atoms with Gasteiger partial charge in [-0.05, 0) is 42.3 Å². The van der Waals surface area contributed by atoms with Crippen LogP contribution in [0, 0.1) is 5.92 Å². The van der Waals surface area contributed by atoms with Crippen LogP contribution >= 0.6 is 0 Å². The van der Waals surface area contributed by atoms with E-state index in [1.165, 1.54) is 12.1 Å². The Morgan fingerprint density at radius 2 is 1.68 bits per heavy atom. The van der Waals surface area contributed by atoms with E-state index in [2.05, 4.69) is 14.8 Å². The highest BCUT2D eigenvalue weighted by molar-refractivity contribution is 7.92.